The molecule has 96 valence electrons. The number of benzene rings is 1. The van der Waals surface area contributed by atoms with E-state index in [4.69, 9.17) is 0 Å². The van der Waals surface area contributed by atoms with Crippen LogP contribution in [-0.2, 0) is 0 Å². The third-order valence-electron chi connectivity index (χ3n) is 2.83. The summed E-state index contributed by atoms with van der Waals surface area (Å²) < 4.78 is 0. The normalized spacial score (nSPS) is 27.1. The van der Waals surface area contributed by atoms with E-state index in [2.05, 4.69) is 0 Å². The highest BCUT2D eigenvalue weighted by atomic mass is 32.2. The SMILES string of the molecule is O=[N+]([O-])c1ccc([C@H]2SCC(O)[C@@H]2[N+](=O)[O-])cc1. The van der Waals surface area contributed by atoms with Gasteiger partial charge in [-0.05, 0) is 5.56 Å². The Labute approximate surface area is 106 Å². The standard InChI is InChI=1S/C10H10N2O5S/c13-8-5-18-10(9(8)12(16)17)6-1-3-7(4-2-6)11(14)15/h1-4,8-10,13H,5H2/t8?,9-,10+/m0/s1. The van der Waals surface area contributed by atoms with Gasteiger partial charge in [-0.3, -0.25) is 20.2 Å². The van der Waals surface area contributed by atoms with E-state index < -0.39 is 27.2 Å². The summed E-state index contributed by atoms with van der Waals surface area (Å²) in [6.07, 6.45) is -0.981. The molecule has 1 aromatic rings. The number of nitro groups is 2. The summed E-state index contributed by atoms with van der Waals surface area (Å²) in [5.41, 5.74) is 0.573. The molecule has 1 aliphatic heterocycles. The predicted molar refractivity (Wildman–Crippen MR) is 65.1 cm³/mol. The van der Waals surface area contributed by atoms with Crippen LogP contribution in [0.25, 0.3) is 0 Å². The van der Waals surface area contributed by atoms with Crippen LogP contribution >= 0.6 is 11.8 Å². The summed E-state index contributed by atoms with van der Waals surface area (Å²) in [5, 5.41) is 30.5. The predicted octanol–water partition coefficient (Wildman–Crippen LogP) is 1.39. The molecule has 0 bridgehead atoms. The molecule has 1 saturated heterocycles. The highest BCUT2D eigenvalue weighted by Crippen LogP contribution is 2.42. The number of hydrogen-bond donors (Lipinski definition) is 1. The Morgan fingerprint density at radius 3 is 2.33 bits per heavy atom. The molecule has 2 rings (SSSR count). The monoisotopic (exact) mass is 270 g/mol. The highest BCUT2D eigenvalue weighted by Gasteiger charge is 2.45. The van der Waals surface area contributed by atoms with Crippen molar-refractivity contribution in [1.82, 2.24) is 0 Å². The number of aliphatic hydroxyl groups excluding tert-OH is 1. The smallest absolute Gasteiger partial charge is 0.269 e. The molecule has 18 heavy (non-hydrogen) atoms. The van der Waals surface area contributed by atoms with Crippen LogP contribution in [0.1, 0.15) is 10.8 Å². The first-order chi connectivity index (χ1) is 8.50. The first kappa shape index (κ1) is 12.8. The maximum atomic E-state index is 10.9. The van der Waals surface area contributed by atoms with Crippen molar-refractivity contribution in [1.29, 1.82) is 0 Å². The minimum Gasteiger partial charge on any atom is -0.385 e. The van der Waals surface area contributed by atoms with E-state index in [1.165, 1.54) is 36.0 Å². The lowest BCUT2D eigenvalue weighted by Crippen LogP contribution is -2.33. The number of hydrogen-bond acceptors (Lipinski definition) is 6. The molecule has 0 saturated carbocycles. The van der Waals surface area contributed by atoms with Gasteiger partial charge in [-0.15, -0.1) is 11.8 Å². The van der Waals surface area contributed by atoms with Crippen molar-refractivity contribution in [3.63, 3.8) is 0 Å². The maximum Gasteiger partial charge on any atom is 0.269 e. The molecule has 1 unspecified atom stereocenters. The molecular formula is C10H10N2O5S. The third kappa shape index (κ3) is 2.29. The van der Waals surface area contributed by atoms with Crippen molar-refractivity contribution in [3.8, 4) is 0 Å². The van der Waals surface area contributed by atoms with Crippen molar-refractivity contribution in [2.75, 3.05) is 5.75 Å². The largest absolute Gasteiger partial charge is 0.385 e. The average molecular weight is 270 g/mol. The molecule has 1 aromatic carbocycles. The fourth-order valence-electron chi connectivity index (χ4n) is 1.93. The van der Waals surface area contributed by atoms with Crippen molar-refractivity contribution in [3.05, 3.63) is 50.1 Å². The van der Waals surface area contributed by atoms with Crippen molar-refractivity contribution in [2.24, 2.45) is 0 Å². The lowest BCUT2D eigenvalue weighted by atomic mass is 10.0. The number of nitro benzene ring substituents is 1. The van der Waals surface area contributed by atoms with Gasteiger partial charge in [0.15, 0.2) is 0 Å². The first-order valence-electron chi connectivity index (χ1n) is 5.18. The zero-order chi connectivity index (χ0) is 13.3. The molecule has 1 fully saturated rings. The fraction of sp³-hybridized carbons (Fsp3) is 0.400. The van der Waals surface area contributed by atoms with Crippen LogP contribution in [0.3, 0.4) is 0 Å². The van der Waals surface area contributed by atoms with Gasteiger partial charge in [-0.25, -0.2) is 0 Å². The Bertz CT molecular complexity index is 478. The van der Waals surface area contributed by atoms with Crippen LogP contribution in [0.5, 0.6) is 0 Å². The van der Waals surface area contributed by atoms with Crippen LogP contribution < -0.4 is 0 Å². The van der Waals surface area contributed by atoms with Crippen LogP contribution in [0.15, 0.2) is 24.3 Å². The highest BCUT2D eigenvalue weighted by molar-refractivity contribution is 7.99. The van der Waals surface area contributed by atoms with Gasteiger partial charge >= 0.3 is 0 Å². The molecule has 0 spiro atoms. The van der Waals surface area contributed by atoms with Gasteiger partial charge in [0.2, 0.25) is 0 Å². The second-order valence-electron chi connectivity index (χ2n) is 3.95. The van der Waals surface area contributed by atoms with Gasteiger partial charge in [0.05, 0.1) is 10.2 Å². The van der Waals surface area contributed by atoms with Crippen LogP contribution in [0.4, 0.5) is 5.69 Å². The Hall–Kier alpha value is -1.67. The number of non-ortho nitro benzene ring substituents is 1. The van der Waals surface area contributed by atoms with E-state index in [1.807, 2.05) is 0 Å². The number of aliphatic hydroxyl groups is 1. The fourth-order valence-corrected chi connectivity index (χ4v) is 3.36. The lowest BCUT2D eigenvalue weighted by molar-refractivity contribution is -0.531. The molecule has 8 heteroatoms. The summed E-state index contributed by atoms with van der Waals surface area (Å²) in [7, 11) is 0. The second kappa shape index (κ2) is 4.91. The Balaban J connectivity index is 2.25. The minimum absolute atomic E-state index is 0.0556. The van der Waals surface area contributed by atoms with E-state index in [0.717, 1.165) is 0 Å². The van der Waals surface area contributed by atoms with Crippen LogP contribution in [0, 0.1) is 20.2 Å². The molecule has 0 radical (unpaired) electrons. The Morgan fingerprint density at radius 1 is 1.22 bits per heavy atom. The molecular weight excluding hydrogens is 260 g/mol. The zero-order valence-corrected chi connectivity index (χ0v) is 9.95. The molecule has 7 nitrogen and oxygen atoms in total. The molecule has 0 aliphatic carbocycles. The van der Waals surface area contributed by atoms with Crippen LogP contribution in [-0.4, -0.2) is 32.9 Å². The second-order valence-corrected chi connectivity index (χ2v) is 5.12. The summed E-state index contributed by atoms with van der Waals surface area (Å²) in [4.78, 5) is 20.4. The van der Waals surface area contributed by atoms with Crippen molar-refractivity contribution in [2.45, 2.75) is 17.4 Å². The van der Waals surface area contributed by atoms with Gasteiger partial charge in [-0.2, -0.15) is 0 Å². The number of nitrogens with zero attached hydrogens (tertiary/aromatic N) is 2. The first-order valence-corrected chi connectivity index (χ1v) is 6.23. The van der Waals surface area contributed by atoms with E-state index in [1.54, 1.807) is 0 Å². The van der Waals surface area contributed by atoms with E-state index >= 15 is 0 Å². The summed E-state index contributed by atoms with van der Waals surface area (Å²) >= 11 is 1.29. The summed E-state index contributed by atoms with van der Waals surface area (Å²) in [6.45, 7) is 0. The molecule has 3 atom stereocenters. The molecule has 1 aliphatic rings. The Kier molecular flexibility index (Phi) is 3.48. The molecule has 1 N–H and O–H groups in total. The minimum atomic E-state index is -1.06. The van der Waals surface area contributed by atoms with Gasteiger partial charge < -0.3 is 5.11 Å². The van der Waals surface area contributed by atoms with E-state index in [9.17, 15) is 25.3 Å². The third-order valence-corrected chi connectivity index (χ3v) is 4.27. The molecule has 0 amide bonds. The Morgan fingerprint density at radius 2 is 1.83 bits per heavy atom. The van der Waals surface area contributed by atoms with Crippen LogP contribution in [0.2, 0.25) is 0 Å². The average Bonchev–Trinajstić information content (AvgIpc) is 2.71. The van der Waals surface area contributed by atoms with Gasteiger partial charge in [0.25, 0.3) is 11.7 Å². The quantitative estimate of drug-likeness (QED) is 0.657. The topological polar surface area (TPSA) is 107 Å². The van der Waals surface area contributed by atoms with Crippen molar-refractivity contribution < 1.29 is 15.0 Å². The van der Waals surface area contributed by atoms with E-state index in [0.29, 0.717) is 11.3 Å². The number of thioether (sulfide) groups is 1. The summed E-state index contributed by atoms with van der Waals surface area (Å²) in [6, 6.07) is 4.58. The van der Waals surface area contributed by atoms with Gasteiger partial charge in [0, 0.05) is 22.8 Å². The molecule has 1 heterocycles. The zero-order valence-electron chi connectivity index (χ0n) is 9.13. The van der Waals surface area contributed by atoms with Gasteiger partial charge in [0.1, 0.15) is 6.10 Å². The number of rotatable bonds is 3. The van der Waals surface area contributed by atoms with Gasteiger partial charge in [-0.1, -0.05) is 12.1 Å². The van der Waals surface area contributed by atoms with Crippen molar-refractivity contribution >= 4 is 17.4 Å². The molecule has 0 aromatic heterocycles. The lowest BCUT2D eigenvalue weighted by Gasteiger charge is -2.13. The van der Waals surface area contributed by atoms with E-state index in [-0.39, 0.29) is 5.69 Å². The summed E-state index contributed by atoms with van der Waals surface area (Å²) in [5.74, 6) is 0.299. The maximum absolute atomic E-state index is 10.9.